The zero-order valence-electron chi connectivity index (χ0n) is 12.0. The molecule has 0 radical (unpaired) electrons. The van der Waals surface area contributed by atoms with Crippen LogP contribution >= 0.6 is 0 Å². The second-order valence-corrected chi connectivity index (χ2v) is 5.72. The van der Waals surface area contributed by atoms with E-state index in [4.69, 9.17) is 5.73 Å². The lowest BCUT2D eigenvalue weighted by Crippen LogP contribution is -2.30. The van der Waals surface area contributed by atoms with Crippen molar-refractivity contribution in [2.45, 2.75) is 44.5 Å². The van der Waals surface area contributed by atoms with Crippen molar-refractivity contribution in [2.24, 2.45) is 5.73 Å². The molecule has 1 fully saturated rings. The first-order valence-corrected chi connectivity index (χ1v) is 6.97. The third kappa shape index (κ3) is 3.85. The summed E-state index contributed by atoms with van der Waals surface area (Å²) in [5.41, 5.74) is 4.51. The maximum Gasteiger partial charge on any atom is 0.433 e. The highest BCUT2D eigenvalue weighted by atomic mass is 19.4. The molecule has 1 aliphatic rings. The highest BCUT2D eigenvalue weighted by Gasteiger charge is 2.34. The van der Waals surface area contributed by atoms with Gasteiger partial charge in [0.2, 0.25) is 0 Å². The van der Waals surface area contributed by atoms with Crippen molar-refractivity contribution in [1.82, 2.24) is 4.98 Å². The first-order chi connectivity index (χ1) is 9.73. The lowest BCUT2D eigenvalue weighted by molar-refractivity contribution is -0.141. The van der Waals surface area contributed by atoms with Crippen molar-refractivity contribution in [2.75, 3.05) is 18.0 Å². The van der Waals surface area contributed by atoms with Gasteiger partial charge >= 0.3 is 6.18 Å². The van der Waals surface area contributed by atoms with Crippen LogP contribution in [0.15, 0.2) is 12.1 Å². The Labute approximate surface area is 121 Å². The van der Waals surface area contributed by atoms with Crippen LogP contribution in [0.25, 0.3) is 0 Å². The zero-order chi connectivity index (χ0) is 15.7. The van der Waals surface area contributed by atoms with Crippen LogP contribution in [0.4, 0.5) is 19.0 Å². The topological polar surface area (TPSA) is 62.4 Å². The maximum atomic E-state index is 12.8. The predicted octanol–water partition coefficient (Wildman–Crippen LogP) is 2.30. The van der Waals surface area contributed by atoms with Crippen LogP contribution in [-0.4, -0.2) is 28.8 Å². The number of alkyl halides is 3. The van der Waals surface area contributed by atoms with E-state index in [0.29, 0.717) is 37.9 Å². The number of hydrogen-bond donors (Lipinski definition) is 2. The van der Waals surface area contributed by atoms with Gasteiger partial charge in [-0.15, -0.1) is 0 Å². The highest BCUT2D eigenvalue weighted by Crippen LogP contribution is 2.32. The molecule has 0 aromatic carbocycles. The Morgan fingerprint density at radius 1 is 1.33 bits per heavy atom. The van der Waals surface area contributed by atoms with Gasteiger partial charge in [-0.25, -0.2) is 4.98 Å². The third-order valence-corrected chi connectivity index (χ3v) is 3.83. The van der Waals surface area contributed by atoms with E-state index in [1.54, 1.807) is 11.8 Å². The summed E-state index contributed by atoms with van der Waals surface area (Å²) in [6.45, 7) is 2.92. The summed E-state index contributed by atoms with van der Waals surface area (Å²) in [4.78, 5) is 5.56. The molecule has 21 heavy (non-hydrogen) atoms. The number of nitrogens with zero attached hydrogens (tertiary/aromatic N) is 2. The van der Waals surface area contributed by atoms with E-state index in [-0.39, 0.29) is 12.4 Å². The largest absolute Gasteiger partial charge is 0.433 e. The molecule has 0 saturated carbocycles. The van der Waals surface area contributed by atoms with Crippen molar-refractivity contribution < 1.29 is 18.3 Å². The highest BCUT2D eigenvalue weighted by molar-refractivity contribution is 5.48. The molecular weight excluding hydrogens is 283 g/mol. The molecule has 3 N–H and O–H groups in total. The van der Waals surface area contributed by atoms with Crippen LogP contribution in [0.1, 0.15) is 37.4 Å². The maximum absolute atomic E-state index is 12.8. The first-order valence-electron chi connectivity index (χ1n) is 6.97. The summed E-state index contributed by atoms with van der Waals surface area (Å²) in [5.74, 6) is 0.282. The van der Waals surface area contributed by atoms with Crippen LogP contribution in [-0.2, 0) is 12.7 Å². The molecule has 4 nitrogen and oxygen atoms in total. The quantitative estimate of drug-likeness (QED) is 0.880. The van der Waals surface area contributed by atoms with Crippen LogP contribution in [0.5, 0.6) is 0 Å². The summed E-state index contributed by atoms with van der Waals surface area (Å²) in [6, 6.07) is 2.34. The van der Waals surface area contributed by atoms with Gasteiger partial charge in [0.05, 0.1) is 5.60 Å². The van der Waals surface area contributed by atoms with E-state index in [0.717, 1.165) is 6.07 Å². The second kappa shape index (κ2) is 5.81. The van der Waals surface area contributed by atoms with E-state index in [1.165, 1.54) is 6.07 Å². The third-order valence-electron chi connectivity index (χ3n) is 3.83. The van der Waals surface area contributed by atoms with Crippen molar-refractivity contribution in [3.8, 4) is 0 Å². The molecule has 1 aromatic heterocycles. The molecule has 2 rings (SSSR count). The monoisotopic (exact) mass is 303 g/mol. The van der Waals surface area contributed by atoms with Crippen LogP contribution in [0.3, 0.4) is 0 Å². The molecule has 0 bridgehead atoms. The minimum Gasteiger partial charge on any atom is -0.390 e. The van der Waals surface area contributed by atoms with E-state index in [2.05, 4.69) is 4.98 Å². The SMILES string of the molecule is CC1(O)CCCN(c2nc(C(F)(F)F)ccc2CN)CC1. The first kappa shape index (κ1) is 16.0. The minimum absolute atomic E-state index is 0.132. The molecule has 0 spiro atoms. The van der Waals surface area contributed by atoms with Crippen molar-refractivity contribution in [1.29, 1.82) is 0 Å². The molecule has 2 heterocycles. The van der Waals surface area contributed by atoms with Gasteiger partial charge < -0.3 is 15.7 Å². The number of pyridine rings is 1. The summed E-state index contributed by atoms with van der Waals surface area (Å²) in [5, 5.41) is 10.1. The smallest absolute Gasteiger partial charge is 0.390 e. The van der Waals surface area contributed by atoms with Gasteiger partial charge in [-0.1, -0.05) is 6.07 Å². The molecule has 0 amide bonds. The Kier molecular flexibility index (Phi) is 4.43. The Hall–Kier alpha value is -1.34. The van der Waals surface area contributed by atoms with Gasteiger partial charge in [-0.2, -0.15) is 13.2 Å². The Balaban J connectivity index is 2.32. The van der Waals surface area contributed by atoms with Gasteiger partial charge in [0.1, 0.15) is 11.5 Å². The van der Waals surface area contributed by atoms with E-state index in [9.17, 15) is 18.3 Å². The van der Waals surface area contributed by atoms with Gasteiger partial charge in [0, 0.05) is 25.2 Å². The normalized spacial score (nSPS) is 24.0. The van der Waals surface area contributed by atoms with Gasteiger partial charge in [-0.3, -0.25) is 0 Å². The Bertz CT molecular complexity index is 503. The van der Waals surface area contributed by atoms with E-state index >= 15 is 0 Å². The summed E-state index contributed by atoms with van der Waals surface area (Å²) >= 11 is 0. The number of halogens is 3. The molecular formula is C14H20F3N3O. The average Bonchev–Trinajstić information content (AvgIpc) is 2.58. The molecule has 1 aliphatic heterocycles. The van der Waals surface area contributed by atoms with E-state index in [1.807, 2.05) is 0 Å². The summed E-state index contributed by atoms with van der Waals surface area (Å²) in [6.07, 6.45) is -2.65. The minimum atomic E-state index is -4.47. The molecule has 1 saturated heterocycles. The molecule has 7 heteroatoms. The number of hydrogen-bond acceptors (Lipinski definition) is 4. The van der Waals surface area contributed by atoms with Crippen LogP contribution < -0.4 is 10.6 Å². The van der Waals surface area contributed by atoms with E-state index < -0.39 is 17.5 Å². The van der Waals surface area contributed by atoms with Gasteiger partial charge in [0.25, 0.3) is 0 Å². The molecule has 1 unspecified atom stereocenters. The standard InChI is InChI=1S/C14H20F3N3O/c1-13(21)5-2-7-20(8-6-13)12-10(9-18)3-4-11(19-12)14(15,16)17/h3-4,21H,2,5-9,18H2,1H3. The van der Waals surface area contributed by atoms with Gasteiger partial charge in [0.15, 0.2) is 0 Å². The number of aliphatic hydroxyl groups is 1. The number of nitrogens with two attached hydrogens (primary N) is 1. The molecule has 1 aromatic rings. The Morgan fingerprint density at radius 3 is 2.67 bits per heavy atom. The molecule has 0 aliphatic carbocycles. The van der Waals surface area contributed by atoms with Crippen molar-refractivity contribution in [3.05, 3.63) is 23.4 Å². The van der Waals surface area contributed by atoms with Gasteiger partial charge in [-0.05, 0) is 32.3 Å². The molecule has 118 valence electrons. The number of aromatic nitrogens is 1. The lowest BCUT2D eigenvalue weighted by atomic mass is 9.98. The second-order valence-electron chi connectivity index (χ2n) is 5.72. The summed E-state index contributed by atoms with van der Waals surface area (Å²) < 4.78 is 38.5. The molecule has 1 atom stereocenters. The fraction of sp³-hybridized carbons (Fsp3) is 0.643. The fourth-order valence-corrected chi connectivity index (χ4v) is 2.54. The number of rotatable bonds is 2. The lowest BCUT2D eigenvalue weighted by Gasteiger charge is -2.25. The average molecular weight is 303 g/mol. The zero-order valence-corrected chi connectivity index (χ0v) is 12.0. The van der Waals surface area contributed by atoms with Crippen LogP contribution in [0.2, 0.25) is 0 Å². The Morgan fingerprint density at radius 2 is 2.05 bits per heavy atom. The number of anilines is 1. The summed E-state index contributed by atoms with van der Waals surface area (Å²) in [7, 11) is 0. The van der Waals surface area contributed by atoms with Crippen molar-refractivity contribution >= 4 is 5.82 Å². The predicted molar refractivity (Wildman–Crippen MR) is 73.8 cm³/mol. The van der Waals surface area contributed by atoms with Crippen LogP contribution in [0, 0.1) is 0 Å². The van der Waals surface area contributed by atoms with Crippen molar-refractivity contribution in [3.63, 3.8) is 0 Å². The fourth-order valence-electron chi connectivity index (χ4n) is 2.54.